The average molecular weight is 547 g/mol. The first-order chi connectivity index (χ1) is 19.1. The molecule has 1 aliphatic carbocycles. The molecule has 2 fully saturated rings. The van der Waals surface area contributed by atoms with Crippen LogP contribution in [0.15, 0.2) is 42.6 Å². The molecule has 1 aliphatic heterocycles. The lowest BCUT2D eigenvalue weighted by Crippen LogP contribution is -2.39. The number of carbonyl (C=O) groups excluding carboxylic acids is 2. The topological polar surface area (TPSA) is 70.0 Å². The Kier molecular flexibility index (Phi) is 7.96. The van der Waals surface area contributed by atoms with Crippen LogP contribution < -0.4 is 4.74 Å². The zero-order valence-corrected chi connectivity index (χ0v) is 24.7. The summed E-state index contributed by atoms with van der Waals surface area (Å²) in [6.07, 6.45) is 7.71. The second kappa shape index (κ2) is 11.3. The van der Waals surface area contributed by atoms with E-state index in [1.165, 1.54) is 38.4 Å². The first-order valence-corrected chi connectivity index (χ1v) is 14.4. The van der Waals surface area contributed by atoms with Gasteiger partial charge in [0, 0.05) is 29.7 Å². The van der Waals surface area contributed by atoms with Crippen molar-refractivity contribution < 1.29 is 23.8 Å². The largest absolute Gasteiger partial charge is 0.496 e. The Balaban J connectivity index is 1.50. The standard InChI is InChI=1S/C33H42N2O5/c1-21-18-29(38-5)27(26-15-17-35(30(21)26)32(37)40-33(2,3)4)20-34-16-14-25(22-8-7-9-22)19-28(34)23-10-12-24(13-11-23)31(36)39-6/h10-13,15,17-18,22,25,28H,7-9,14,16,19-20H2,1-6H3. The molecule has 2 aromatic carbocycles. The Hall–Kier alpha value is -3.32. The number of aryl methyl sites for hydroxylation is 1. The molecule has 2 aliphatic rings. The summed E-state index contributed by atoms with van der Waals surface area (Å²) in [7, 11) is 3.12. The number of ether oxygens (including phenoxy) is 3. The highest BCUT2D eigenvalue weighted by Crippen LogP contribution is 2.45. The van der Waals surface area contributed by atoms with Crippen LogP contribution in [0.1, 0.15) is 86.0 Å². The fraction of sp³-hybridized carbons (Fsp3) is 0.515. The van der Waals surface area contributed by atoms with E-state index in [2.05, 4.69) is 17.0 Å². The minimum absolute atomic E-state index is 0.222. The molecule has 5 rings (SSSR count). The number of hydrogen-bond donors (Lipinski definition) is 0. The van der Waals surface area contributed by atoms with E-state index >= 15 is 0 Å². The van der Waals surface area contributed by atoms with E-state index in [9.17, 15) is 9.59 Å². The molecule has 0 amide bonds. The van der Waals surface area contributed by atoms with Gasteiger partial charge in [0.2, 0.25) is 0 Å². The van der Waals surface area contributed by atoms with Crippen molar-refractivity contribution in [1.82, 2.24) is 9.47 Å². The van der Waals surface area contributed by atoms with Crippen LogP contribution in [0.3, 0.4) is 0 Å². The molecule has 2 unspecified atom stereocenters. The quantitative estimate of drug-likeness (QED) is 0.303. The summed E-state index contributed by atoms with van der Waals surface area (Å²) in [6, 6.07) is 12.2. The van der Waals surface area contributed by atoms with Gasteiger partial charge in [-0.2, -0.15) is 0 Å². The van der Waals surface area contributed by atoms with Gasteiger partial charge in [-0.15, -0.1) is 0 Å². The predicted octanol–water partition coefficient (Wildman–Crippen LogP) is 7.28. The maximum atomic E-state index is 13.1. The lowest BCUT2D eigenvalue weighted by Gasteiger charge is -2.45. The van der Waals surface area contributed by atoms with Crippen LogP contribution in [0, 0.1) is 18.8 Å². The molecule has 1 aromatic heterocycles. The van der Waals surface area contributed by atoms with E-state index in [-0.39, 0.29) is 18.1 Å². The minimum Gasteiger partial charge on any atom is -0.496 e. The Morgan fingerprint density at radius 3 is 2.33 bits per heavy atom. The highest BCUT2D eigenvalue weighted by molar-refractivity contribution is 5.95. The summed E-state index contributed by atoms with van der Waals surface area (Å²) in [6.45, 7) is 9.31. The molecule has 1 saturated carbocycles. The molecule has 214 valence electrons. The van der Waals surface area contributed by atoms with E-state index in [4.69, 9.17) is 14.2 Å². The van der Waals surface area contributed by atoms with Crippen LogP contribution >= 0.6 is 0 Å². The predicted molar refractivity (Wildman–Crippen MR) is 156 cm³/mol. The van der Waals surface area contributed by atoms with E-state index in [0.29, 0.717) is 18.0 Å². The molecule has 1 saturated heterocycles. The van der Waals surface area contributed by atoms with Gasteiger partial charge in [0.05, 0.1) is 25.3 Å². The van der Waals surface area contributed by atoms with Gasteiger partial charge in [0.15, 0.2) is 0 Å². The Bertz CT molecular complexity index is 1380. The Morgan fingerprint density at radius 2 is 1.73 bits per heavy atom. The molecule has 7 nitrogen and oxygen atoms in total. The van der Waals surface area contributed by atoms with Gasteiger partial charge in [-0.1, -0.05) is 31.4 Å². The van der Waals surface area contributed by atoms with Crippen LogP contribution in [-0.2, 0) is 16.0 Å². The van der Waals surface area contributed by atoms with Crippen molar-refractivity contribution in [1.29, 1.82) is 0 Å². The van der Waals surface area contributed by atoms with Gasteiger partial charge < -0.3 is 14.2 Å². The van der Waals surface area contributed by atoms with Crippen LogP contribution in [-0.4, -0.2) is 47.9 Å². The second-order valence-electron chi connectivity index (χ2n) is 12.4. The number of likely N-dealkylation sites (tertiary alicyclic amines) is 1. The summed E-state index contributed by atoms with van der Waals surface area (Å²) in [5.74, 6) is 2.04. The molecule has 40 heavy (non-hydrogen) atoms. The molecule has 2 heterocycles. The lowest BCUT2D eigenvalue weighted by molar-refractivity contribution is 0.0542. The van der Waals surface area contributed by atoms with Gasteiger partial charge in [-0.3, -0.25) is 9.47 Å². The van der Waals surface area contributed by atoms with Crippen LogP contribution in [0.4, 0.5) is 4.79 Å². The van der Waals surface area contributed by atoms with Crippen molar-refractivity contribution in [3.05, 3.63) is 64.8 Å². The van der Waals surface area contributed by atoms with E-state index in [1.54, 1.807) is 17.9 Å². The van der Waals surface area contributed by atoms with Crippen molar-refractivity contribution >= 4 is 23.0 Å². The Labute approximate surface area is 237 Å². The first kappa shape index (κ1) is 28.2. The third-order valence-electron chi connectivity index (χ3n) is 8.69. The molecule has 3 aromatic rings. The normalized spacial score (nSPS) is 20.2. The maximum Gasteiger partial charge on any atom is 0.419 e. The summed E-state index contributed by atoms with van der Waals surface area (Å²) >= 11 is 0. The third kappa shape index (κ3) is 5.62. The number of rotatable bonds is 6. The van der Waals surface area contributed by atoms with Crippen molar-refractivity contribution in [3.63, 3.8) is 0 Å². The summed E-state index contributed by atoms with van der Waals surface area (Å²) in [5, 5.41) is 1.00. The van der Waals surface area contributed by atoms with E-state index < -0.39 is 5.60 Å². The summed E-state index contributed by atoms with van der Waals surface area (Å²) in [5.41, 5.74) is 4.08. The lowest BCUT2D eigenvalue weighted by atomic mass is 9.70. The fourth-order valence-corrected chi connectivity index (χ4v) is 6.45. The minimum atomic E-state index is -0.585. The van der Waals surface area contributed by atoms with Crippen LogP contribution in [0.5, 0.6) is 5.75 Å². The number of fused-ring (bicyclic) bond motifs is 1. The molecule has 0 bridgehead atoms. The van der Waals surface area contributed by atoms with Crippen molar-refractivity contribution in [2.45, 2.75) is 78.0 Å². The molecular weight excluding hydrogens is 504 g/mol. The fourth-order valence-electron chi connectivity index (χ4n) is 6.45. The van der Waals surface area contributed by atoms with Gasteiger partial charge in [-0.05, 0) is 94.3 Å². The molecule has 0 N–H and O–H groups in total. The average Bonchev–Trinajstić information content (AvgIpc) is 3.35. The first-order valence-electron chi connectivity index (χ1n) is 14.4. The Morgan fingerprint density at radius 1 is 1.00 bits per heavy atom. The van der Waals surface area contributed by atoms with Gasteiger partial charge in [0.1, 0.15) is 11.4 Å². The number of nitrogens with zero attached hydrogens (tertiary/aromatic N) is 2. The van der Waals surface area contributed by atoms with Crippen molar-refractivity contribution in [2.24, 2.45) is 11.8 Å². The zero-order chi connectivity index (χ0) is 28.6. The number of aromatic nitrogens is 1. The number of methoxy groups -OCH3 is 2. The van der Waals surface area contributed by atoms with Crippen molar-refractivity contribution in [3.8, 4) is 5.75 Å². The number of hydrogen-bond acceptors (Lipinski definition) is 6. The highest BCUT2D eigenvalue weighted by Gasteiger charge is 2.36. The molecule has 0 radical (unpaired) electrons. The molecule has 2 atom stereocenters. The monoisotopic (exact) mass is 546 g/mol. The second-order valence-corrected chi connectivity index (χ2v) is 12.4. The number of esters is 1. The zero-order valence-electron chi connectivity index (χ0n) is 24.7. The number of benzene rings is 2. The maximum absolute atomic E-state index is 13.1. The van der Waals surface area contributed by atoms with E-state index in [1.807, 2.05) is 52.0 Å². The van der Waals surface area contributed by atoms with Crippen LogP contribution in [0.2, 0.25) is 0 Å². The molecular formula is C33H42N2O5. The molecule has 7 heteroatoms. The summed E-state index contributed by atoms with van der Waals surface area (Å²) in [4.78, 5) is 27.7. The van der Waals surface area contributed by atoms with Crippen LogP contribution in [0.25, 0.3) is 10.9 Å². The van der Waals surface area contributed by atoms with Gasteiger partial charge in [0.25, 0.3) is 0 Å². The number of piperidine rings is 1. The highest BCUT2D eigenvalue weighted by atomic mass is 16.6. The van der Waals surface area contributed by atoms with Gasteiger partial charge in [-0.25, -0.2) is 9.59 Å². The van der Waals surface area contributed by atoms with Gasteiger partial charge >= 0.3 is 12.1 Å². The third-order valence-corrected chi connectivity index (χ3v) is 8.69. The van der Waals surface area contributed by atoms with E-state index in [0.717, 1.165) is 46.7 Å². The SMILES string of the molecule is COC(=O)c1ccc(C2CC(C3CCC3)CCN2Cc2c(OC)cc(C)c3c2ccn3C(=O)OC(C)(C)C)cc1. The smallest absolute Gasteiger partial charge is 0.419 e. The molecule has 0 spiro atoms. The van der Waals surface area contributed by atoms with Crippen molar-refractivity contribution in [2.75, 3.05) is 20.8 Å². The summed E-state index contributed by atoms with van der Waals surface area (Å²) < 4.78 is 18.1. The number of carbonyl (C=O) groups is 2.